The number of nitrogens with zero attached hydrogens (tertiary/aromatic N) is 2. The van der Waals surface area contributed by atoms with E-state index in [2.05, 4.69) is 10.3 Å². The summed E-state index contributed by atoms with van der Waals surface area (Å²) in [4.78, 5) is 17.0. The molecule has 2 saturated heterocycles. The molecular weight excluding hydrogens is 250 g/mol. The van der Waals surface area contributed by atoms with Crippen molar-refractivity contribution in [2.24, 2.45) is 5.92 Å². The van der Waals surface area contributed by atoms with E-state index in [9.17, 15) is 4.79 Å². The predicted octanol–water partition coefficient (Wildman–Crippen LogP) is 2.44. The molecule has 2 atom stereocenters. The Labute approximate surface area is 118 Å². The standard InChI is InChI=1S/C16H19N3O/c20-16(11-4-5-15-17-6-7-19(15)10-11)12-8-13-2-1-3-14(9-12)18-13/h4-7,10,12-14,18H,1-3,8-9H2. The van der Waals surface area contributed by atoms with Gasteiger partial charge in [-0.1, -0.05) is 6.42 Å². The minimum absolute atomic E-state index is 0.188. The number of hydrogen-bond donors (Lipinski definition) is 1. The second kappa shape index (κ2) is 4.70. The number of carbonyl (C=O) groups is 1. The van der Waals surface area contributed by atoms with E-state index in [4.69, 9.17) is 0 Å². The van der Waals surface area contributed by atoms with Crippen LogP contribution < -0.4 is 5.32 Å². The highest BCUT2D eigenvalue weighted by Gasteiger charge is 2.34. The molecule has 0 saturated carbocycles. The lowest BCUT2D eigenvalue weighted by molar-refractivity contribution is 0.0824. The van der Waals surface area contributed by atoms with Crippen LogP contribution in [0.3, 0.4) is 0 Å². The number of nitrogens with one attached hydrogen (secondary N) is 1. The fraction of sp³-hybridized carbons (Fsp3) is 0.500. The van der Waals surface area contributed by atoms with Gasteiger partial charge in [-0.25, -0.2) is 4.98 Å². The van der Waals surface area contributed by atoms with Crippen molar-refractivity contribution in [1.82, 2.24) is 14.7 Å². The van der Waals surface area contributed by atoms with Crippen molar-refractivity contribution in [2.45, 2.75) is 44.2 Å². The van der Waals surface area contributed by atoms with Crippen LogP contribution in [0.2, 0.25) is 0 Å². The summed E-state index contributed by atoms with van der Waals surface area (Å²) in [5.74, 6) is 0.492. The number of pyridine rings is 1. The molecule has 2 unspecified atom stereocenters. The highest BCUT2D eigenvalue weighted by molar-refractivity contribution is 5.98. The van der Waals surface area contributed by atoms with Crippen molar-refractivity contribution in [2.75, 3.05) is 0 Å². The zero-order valence-electron chi connectivity index (χ0n) is 11.5. The normalized spacial score (nSPS) is 29.5. The van der Waals surface area contributed by atoms with Gasteiger partial charge in [0.15, 0.2) is 5.78 Å². The SMILES string of the molecule is O=C(c1ccc2nccn2c1)C1CC2CCCC(C1)N2. The van der Waals surface area contributed by atoms with Crippen LogP contribution in [0, 0.1) is 5.92 Å². The molecule has 20 heavy (non-hydrogen) atoms. The van der Waals surface area contributed by atoms with E-state index >= 15 is 0 Å². The summed E-state index contributed by atoms with van der Waals surface area (Å²) in [6.07, 6.45) is 11.3. The lowest BCUT2D eigenvalue weighted by Gasteiger charge is -2.39. The minimum Gasteiger partial charge on any atom is -0.311 e. The van der Waals surface area contributed by atoms with Crippen molar-refractivity contribution < 1.29 is 4.79 Å². The molecule has 2 aromatic rings. The average Bonchev–Trinajstić information content (AvgIpc) is 2.93. The van der Waals surface area contributed by atoms with Crippen LogP contribution in [0.25, 0.3) is 5.65 Å². The second-order valence-electron chi connectivity index (χ2n) is 6.13. The zero-order valence-corrected chi connectivity index (χ0v) is 11.5. The molecule has 104 valence electrons. The van der Waals surface area contributed by atoms with Crippen LogP contribution in [0.4, 0.5) is 0 Å². The third-order valence-electron chi connectivity index (χ3n) is 4.76. The fourth-order valence-corrected chi connectivity index (χ4v) is 3.78. The Balaban J connectivity index is 1.59. The zero-order chi connectivity index (χ0) is 13.5. The smallest absolute Gasteiger partial charge is 0.167 e. The van der Waals surface area contributed by atoms with E-state index < -0.39 is 0 Å². The molecule has 0 amide bonds. The van der Waals surface area contributed by atoms with Crippen molar-refractivity contribution in [3.63, 3.8) is 0 Å². The van der Waals surface area contributed by atoms with Crippen LogP contribution in [0.1, 0.15) is 42.5 Å². The monoisotopic (exact) mass is 269 g/mol. The maximum absolute atomic E-state index is 12.7. The maximum atomic E-state index is 12.7. The molecule has 1 N–H and O–H groups in total. The fourth-order valence-electron chi connectivity index (χ4n) is 3.78. The first-order valence-corrected chi connectivity index (χ1v) is 7.52. The molecule has 4 nitrogen and oxygen atoms in total. The summed E-state index contributed by atoms with van der Waals surface area (Å²) in [7, 11) is 0. The van der Waals surface area contributed by atoms with Crippen molar-refractivity contribution in [3.05, 3.63) is 36.3 Å². The number of carbonyl (C=O) groups excluding carboxylic acids is 1. The second-order valence-corrected chi connectivity index (χ2v) is 6.13. The number of piperidine rings is 2. The predicted molar refractivity (Wildman–Crippen MR) is 76.8 cm³/mol. The Hall–Kier alpha value is -1.68. The molecule has 2 aromatic heterocycles. The van der Waals surface area contributed by atoms with Gasteiger partial charge in [0.25, 0.3) is 0 Å². The van der Waals surface area contributed by atoms with E-state index in [-0.39, 0.29) is 5.92 Å². The summed E-state index contributed by atoms with van der Waals surface area (Å²) < 4.78 is 1.93. The summed E-state index contributed by atoms with van der Waals surface area (Å²) in [6.45, 7) is 0. The van der Waals surface area contributed by atoms with Crippen LogP contribution in [-0.4, -0.2) is 27.3 Å². The highest BCUT2D eigenvalue weighted by atomic mass is 16.1. The van der Waals surface area contributed by atoms with E-state index in [1.165, 1.54) is 19.3 Å². The molecule has 0 radical (unpaired) electrons. The number of imidazole rings is 1. The van der Waals surface area contributed by atoms with Gasteiger partial charge in [-0.2, -0.15) is 0 Å². The molecule has 4 heteroatoms. The van der Waals surface area contributed by atoms with Crippen molar-refractivity contribution >= 4 is 11.4 Å². The van der Waals surface area contributed by atoms with Gasteiger partial charge in [0.1, 0.15) is 5.65 Å². The number of rotatable bonds is 2. The average molecular weight is 269 g/mol. The van der Waals surface area contributed by atoms with E-state index in [0.29, 0.717) is 17.9 Å². The summed E-state index contributed by atoms with van der Waals surface area (Å²) >= 11 is 0. The third kappa shape index (κ3) is 2.04. The summed E-state index contributed by atoms with van der Waals surface area (Å²) in [5, 5.41) is 3.65. The highest BCUT2D eigenvalue weighted by Crippen LogP contribution is 2.31. The molecule has 2 aliphatic rings. The largest absolute Gasteiger partial charge is 0.311 e. The van der Waals surface area contributed by atoms with E-state index in [1.54, 1.807) is 6.20 Å². The number of Topliss-reactive ketones (excluding diaryl/α,β-unsaturated/α-hetero) is 1. The van der Waals surface area contributed by atoms with Crippen molar-refractivity contribution in [3.8, 4) is 0 Å². The lowest BCUT2D eigenvalue weighted by atomic mass is 9.77. The van der Waals surface area contributed by atoms with E-state index in [0.717, 1.165) is 24.1 Å². The van der Waals surface area contributed by atoms with Gasteiger partial charge >= 0.3 is 0 Å². The van der Waals surface area contributed by atoms with Crippen LogP contribution in [0.5, 0.6) is 0 Å². The van der Waals surface area contributed by atoms with Crippen LogP contribution in [-0.2, 0) is 0 Å². The minimum atomic E-state index is 0.188. The molecule has 2 fully saturated rings. The Bertz CT molecular complexity index is 636. The number of ketones is 1. The van der Waals surface area contributed by atoms with Crippen LogP contribution in [0.15, 0.2) is 30.7 Å². The number of aromatic nitrogens is 2. The lowest BCUT2D eigenvalue weighted by Crippen LogP contribution is -2.50. The van der Waals surface area contributed by atoms with Gasteiger partial charge < -0.3 is 9.72 Å². The van der Waals surface area contributed by atoms with Crippen molar-refractivity contribution in [1.29, 1.82) is 0 Å². The summed E-state index contributed by atoms with van der Waals surface area (Å²) in [5.41, 5.74) is 1.71. The Morgan fingerprint density at radius 3 is 2.85 bits per heavy atom. The molecule has 0 spiro atoms. The molecule has 4 rings (SSSR count). The van der Waals surface area contributed by atoms with Gasteiger partial charge in [0, 0.05) is 42.2 Å². The molecular formula is C16H19N3O. The number of hydrogen-bond acceptors (Lipinski definition) is 3. The molecule has 0 aliphatic carbocycles. The first-order valence-electron chi connectivity index (χ1n) is 7.52. The molecule has 4 heterocycles. The maximum Gasteiger partial charge on any atom is 0.167 e. The Morgan fingerprint density at radius 1 is 1.25 bits per heavy atom. The topological polar surface area (TPSA) is 46.4 Å². The first kappa shape index (κ1) is 12.1. The molecule has 0 aromatic carbocycles. The van der Waals surface area contributed by atoms with Gasteiger partial charge in [-0.05, 0) is 37.8 Å². The Kier molecular flexibility index (Phi) is 2.84. The van der Waals surface area contributed by atoms with Gasteiger partial charge in [0.2, 0.25) is 0 Å². The van der Waals surface area contributed by atoms with Crippen LogP contribution >= 0.6 is 0 Å². The molecule has 2 bridgehead atoms. The van der Waals surface area contributed by atoms with E-state index in [1.807, 2.05) is 28.9 Å². The number of fused-ring (bicyclic) bond motifs is 3. The quantitative estimate of drug-likeness (QED) is 0.852. The summed E-state index contributed by atoms with van der Waals surface area (Å²) in [6, 6.07) is 4.94. The Morgan fingerprint density at radius 2 is 2.05 bits per heavy atom. The van der Waals surface area contributed by atoms with Gasteiger partial charge in [-0.15, -0.1) is 0 Å². The van der Waals surface area contributed by atoms with Gasteiger partial charge in [-0.3, -0.25) is 4.79 Å². The molecule has 2 aliphatic heterocycles. The third-order valence-corrected chi connectivity index (χ3v) is 4.76. The first-order chi connectivity index (χ1) is 9.79. The van der Waals surface area contributed by atoms with Gasteiger partial charge in [0.05, 0.1) is 0 Å².